The van der Waals surface area contributed by atoms with Crippen molar-refractivity contribution in [1.29, 1.82) is 0 Å². The van der Waals surface area contributed by atoms with Crippen molar-refractivity contribution >= 4 is 17.3 Å². The summed E-state index contributed by atoms with van der Waals surface area (Å²) in [5.41, 5.74) is 2.51. The number of thiophene rings is 1. The number of aromatic nitrogens is 3. The first-order valence-corrected chi connectivity index (χ1v) is 11.1. The lowest BCUT2D eigenvalue weighted by atomic mass is 9.99. The van der Waals surface area contributed by atoms with Gasteiger partial charge in [-0.1, -0.05) is 6.07 Å². The van der Waals surface area contributed by atoms with Crippen LogP contribution in [0.1, 0.15) is 27.7 Å². The van der Waals surface area contributed by atoms with E-state index < -0.39 is 0 Å². The highest BCUT2D eigenvalue weighted by molar-refractivity contribution is 7.09. The van der Waals surface area contributed by atoms with E-state index in [9.17, 15) is 0 Å². The summed E-state index contributed by atoms with van der Waals surface area (Å²) in [6.45, 7) is 4.78. The summed E-state index contributed by atoms with van der Waals surface area (Å²) in [6.07, 6.45) is 0.915. The van der Waals surface area contributed by atoms with Gasteiger partial charge in [-0.25, -0.2) is 4.99 Å². The third kappa shape index (κ3) is 4.66. The van der Waals surface area contributed by atoms with E-state index in [1.54, 1.807) is 25.6 Å². The molecule has 1 aliphatic heterocycles. The molecular formula is C22H28N6O2S. The van der Waals surface area contributed by atoms with Crippen molar-refractivity contribution in [3.05, 3.63) is 57.3 Å². The van der Waals surface area contributed by atoms with Gasteiger partial charge in [0.15, 0.2) is 23.3 Å². The number of benzene rings is 1. The van der Waals surface area contributed by atoms with Crippen molar-refractivity contribution < 1.29 is 9.47 Å². The maximum Gasteiger partial charge on any atom is 0.194 e. The Morgan fingerprint density at radius 3 is 2.61 bits per heavy atom. The summed E-state index contributed by atoms with van der Waals surface area (Å²) >= 11 is 1.74. The van der Waals surface area contributed by atoms with Crippen LogP contribution in [0.4, 0.5) is 0 Å². The number of rotatable bonds is 6. The van der Waals surface area contributed by atoms with Crippen LogP contribution < -0.4 is 14.8 Å². The lowest BCUT2D eigenvalue weighted by Gasteiger charge is -2.32. The molecule has 0 saturated carbocycles. The predicted molar refractivity (Wildman–Crippen MR) is 122 cm³/mol. The molecule has 1 aliphatic rings. The van der Waals surface area contributed by atoms with Gasteiger partial charge in [-0.2, -0.15) is 0 Å². The van der Waals surface area contributed by atoms with Crippen LogP contribution in [-0.4, -0.2) is 46.4 Å². The maximum absolute atomic E-state index is 5.51. The summed E-state index contributed by atoms with van der Waals surface area (Å²) in [5.74, 6) is 4.12. The molecule has 164 valence electrons. The van der Waals surface area contributed by atoms with Gasteiger partial charge in [0, 0.05) is 25.0 Å². The molecule has 0 aliphatic carbocycles. The number of fused-ring (bicyclic) bond motifs is 1. The minimum atomic E-state index is 0.472. The Morgan fingerprint density at radius 2 is 1.97 bits per heavy atom. The van der Waals surface area contributed by atoms with E-state index in [2.05, 4.69) is 50.1 Å². The minimum absolute atomic E-state index is 0.472. The van der Waals surface area contributed by atoms with E-state index in [1.165, 1.54) is 16.0 Å². The molecule has 4 rings (SSSR count). The van der Waals surface area contributed by atoms with Crippen LogP contribution in [0.5, 0.6) is 11.5 Å². The van der Waals surface area contributed by atoms with Crippen LogP contribution in [0.3, 0.4) is 0 Å². The molecule has 0 saturated heterocycles. The van der Waals surface area contributed by atoms with Gasteiger partial charge >= 0.3 is 0 Å². The second kappa shape index (κ2) is 9.38. The van der Waals surface area contributed by atoms with Crippen molar-refractivity contribution in [2.45, 2.75) is 33.0 Å². The van der Waals surface area contributed by atoms with E-state index in [0.717, 1.165) is 55.2 Å². The smallest absolute Gasteiger partial charge is 0.194 e. The van der Waals surface area contributed by atoms with Gasteiger partial charge in [0.05, 0.1) is 20.8 Å². The lowest BCUT2D eigenvalue weighted by molar-refractivity contribution is 0.345. The van der Waals surface area contributed by atoms with Crippen LogP contribution in [0.15, 0.2) is 34.6 Å². The SMILES string of the molecule is COc1cc2c(cc1OC)CN(C(=NCc1nnc(C)n1C)NCc1cccs1)CC2. The molecule has 0 bridgehead atoms. The van der Waals surface area contributed by atoms with Crippen LogP contribution in [-0.2, 0) is 33.1 Å². The summed E-state index contributed by atoms with van der Waals surface area (Å²) in [7, 11) is 5.31. The zero-order valence-electron chi connectivity index (χ0n) is 18.4. The largest absolute Gasteiger partial charge is 0.493 e. The molecule has 3 aromatic rings. The first-order chi connectivity index (χ1) is 15.1. The summed E-state index contributed by atoms with van der Waals surface area (Å²) in [4.78, 5) is 8.45. The molecule has 0 fully saturated rings. The Hall–Kier alpha value is -3.07. The monoisotopic (exact) mass is 440 g/mol. The van der Waals surface area contributed by atoms with Crippen LogP contribution in [0, 0.1) is 6.92 Å². The first kappa shape index (κ1) is 21.2. The first-order valence-electron chi connectivity index (χ1n) is 10.2. The lowest BCUT2D eigenvalue weighted by Crippen LogP contribution is -2.43. The number of methoxy groups -OCH3 is 2. The molecule has 31 heavy (non-hydrogen) atoms. The molecule has 1 aromatic carbocycles. The topological polar surface area (TPSA) is 76.8 Å². The van der Waals surface area contributed by atoms with Crippen molar-refractivity contribution in [3.8, 4) is 11.5 Å². The van der Waals surface area contributed by atoms with E-state index in [-0.39, 0.29) is 0 Å². The van der Waals surface area contributed by atoms with E-state index >= 15 is 0 Å². The number of aliphatic imine (C=N–C) groups is 1. The Bertz CT molecular complexity index is 1060. The molecule has 9 heteroatoms. The highest BCUT2D eigenvalue weighted by Gasteiger charge is 2.22. The molecular weight excluding hydrogens is 412 g/mol. The third-order valence-electron chi connectivity index (χ3n) is 5.57. The second-order valence-electron chi connectivity index (χ2n) is 7.44. The van der Waals surface area contributed by atoms with Gasteiger partial charge in [0.2, 0.25) is 0 Å². The number of guanidine groups is 1. The second-order valence-corrected chi connectivity index (χ2v) is 8.47. The Kier molecular flexibility index (Phi) is 6.41. The van der Waals surface area contributed by atoms with Gasteiger partial charge in [0.1, 0.15) is 12.4 Å². The Balaban J connectivity index is 1.57. The summed E-state index contributed by atoms with van der Waals surface area (Å²) in [6, 6.07) is 8.36. The van der Waals surface area contributed by atoms with Crippen molar-refractivity contribution in [2.24, 2.45) is 12.0 Å². The zero-order chi connectivity index (χ0) is 21.8. The molecule has 0 atom stereocenters. The maximum atomic E-state index is 5.51. The van der Waals surface area contributed by atoms with Crippen molar-refractivity contribution in [2.75, 3.05) is 20.8 Å². The normalized spacial score (nSPS) is 13.8. The fourth-order valence-electron chi connectivity index (χ4n) is 3.65. The van der Waals surface area contributed by atoms with Gasteiger partial charge in [-0.05, 0) is 48.1 Å². The van der Waals surface area contributed by atoms with Crippen LogP contribution >= 0.6 is 11.3 Å². The summed E-state index contributed by atoms with van der Waals surface area (Å²) < 4.78 is 13.0. The average molecular weight is 441 g/mol. The molecule has 8 nitrogen and oxygen atoms in total. The summed E-state index contributed by atoms with van der Waals surface area (Å²) in [5, 5.41) is 14.0. The minimum Gasteiger partial charge on any atom is -0.493 e. The third-order valence-corrected chi connectivity index (χ3v) is 6.45. The number of ether oxygens (including phenoxy) is 2. The van der Waals surface area contributed by atoms with Gasteiger partial charge in [0.25, 0.3) is 0 Å². The molecule has 0 amide bonds. The van der Waals surface area contributed by atoms with E-state index in [0.29, 0.717) is 6.54 Å². The van der Waals surface area contributed by atoms with Crippen molar-refractivity contribution in [3.63, 3.8) is 0 Å². The molecule has 1 N–H and O–H groups in total. The van der Waals surface area contributed by atoms with Crippen LogP contribution in [0.2, 0.25) is 0 Å². The number of hydrogen-bond acceptors (Lipinski definition) is 6. The number of nitrogens with one attached hydrogen (secondary N) is 1. The molecule has 0 spiro atoms. The molecule has 3 heterocycles. The highest BCUT2D eigenvalue weighted by atomic mass is 32.1. The zero-order valence-corrected chi connectivity index (χ0v) is 19.2. The highest BCUT2D eigenvalue weighted by Crippen LogP contribution is 2.33. The van der Waals surface area contributed by atoms with E-state index in [1.807, 2.05) is 18.5 Å². The van der Waals surface area contributed by atoms with Gasteiger partial charge < -0.3 is 24.3 Å². The van der Waals surface area contributed by atoms with Crippen molar-refractivity contribution in [1.82, 2.24) is 25.0 Å². The van der Waals surface area contributed by atoms with Gasteiger partial charge in [-0.15, -0.1) is 21.5 Å². The molecule has 0 unspecified atom stereocenters. The Labute approximate surface area is 186 Å². The van der Waals surface area contributed by atoms with Crippen LogP contribution in [0.25, 0.3) is 0 Å². The average Bonchev–Trinajstić information content (AvgIpc) is 3.43. The number of nitrogens with zero attached hydrogens (tertiary/aromatic N) is 5. The molecule has 2 aromatic heterocycles. The fourth-order valence-corrected chi connectivity index (χ4v) is 4.29. The number of hydrogen-bond donors (Lipinski definition) is 1. The van der Waals surface area contributed by atoms with Gasteiger partial charge in [-0.3, -0.25) is 0 Å². The quantitative estimate of drug-likeness (QED) is 0.469. The fraction of sp³-hybridized carbons (Fsp3) is 0.409. The predicted octanol–water partition coefficient (Wildman–Crippen LogP) is 2.91. The Morgan fingerprint density at radius 1 is 1.19 bits per heavy atom. The number of aryl methyl sites for hydroxylation is 1. The van der Waals surface area contributed by atoms with E-state index in [4.69, 9.17) is 14.5 Å². The standard InChI is InChI=1S/C22H28N6O2S/c1-15-25-26-21(27(15)2)13-24-22(23-12-18-6-5-9-31-18)28-8-7-16-10-19(29-3)20(30-4)11-17(16)14-28/h5-6,9-11H,7-8,12-14H2,1-4H3,(H,23,24). The molecule has 0 radical (unpaired) electrons.